The van der Waals surface area contributed by atoms with Crippen molar-refractivity contribution in [3.63, 3.8) is 0 Å². The van der Waals surface area contributed by atoms with Crippen LogP contribution in [0.15, 0.2) is 30.6 Å². The molecular weight excluding hydrogens is 586 g/mol. The minimum absolute atomic E-state index is 0.00623. The van der Waals surface area contributed by atoms with Gasteiger partial charge >= 0.3 is 18.3 Å². The van der Waals surface area contributed by atoms with Gasteiger partial charge in [-0.25, -0.2) is 19.0 Å². The van der Waals surface area contributed by atoms with Crippen LogP contribution in [0.1, 0.15) is 18.7 Å². The first-order valence-electron chi connectivity index (χ1n) is 11.8. The average Bonchev–Trinajstić information content (AvgIpc) is 3.42. The summed E-state index contributed by atoms with van der Waals surface area (Å²) in [7, 11) is 0. The Morgan fingerprint density at radius 3 is 2.51 bits per heavy atom. The van der Waals surface area contributed by atoms with Crippen molar-refractivity contribution in [1.82, 2.24) is 19.5 Å². The number of aliphatic hydroxyl groups is 1. The van der Waals surface area contributed by atoms with Crippen molar-refractivity contribution in [2.24, 2.45) is 0 Å². The van der Waals surface area contributed by atoms with E-state index in [1.165, 1.54) is 6.92 Å². The lowest BCUT2D eigenvalue weighted by atomic mass is 9.94. The molecule has 0 spiro atoms. The Labute approximate surface area is 232 Å². The van der Waals surface area contributed by atoms with Crippen molar-refractivity contribution in [1.29, 1.82) is 0 Å². The van der Waals surface area contributed by atoms with Gasteiger partial charge in [0.15, 0.2) is 23.9 Å². The molecule has 2 aromatic heterocycles. The van der Waals surface area contributed by atoms with Crippen LogP contribution in [0.4, 0.5) is 23.4 Å². The highest BCUT2D eigenvalue weighted by molar-refractivity contribution is 6.28. The minimum Gasteiger partial charge on any atom is -0.479 e. The molecule has 4 N–H and O–H groups in total. The molecule has 41 heavy (non-hydrogen) atoms. The van der Waals surface area contributed by atoms with Gasteiger partial charge in [-0.3, -0.25) is 4.57 Å². The lowest BCUT2D eigenvalue weighted by molar-refractivity contribution is -0.274. The van der Waals surface area contributed by atoms with Crippen LogP contribution in [0.3, 0.4) is 0 Å². The number of aromatic nitrogens is 4. The van der Waals surface area contributed by atoms with Crippen LogP contribution in [0.2, 0.25) is 5.28 Å². The fourth-order valence-electron chi connectivity index (χ4n) is 4.14. The number of anilines is 1. The standard InChI is InChI=1S/C23H22ClF4N5O8/c1-2-38-20(37)22(19(35)36,7-10-3-5-11(6-4-10)41-23(26,27)28)39-8-12-15(34)13(25)18(40-12)33-9-30-14-16(29)31-21(24)32-17(14)33/h3-6,9,12-13,15,18,34H,2,7-8H2,1H3,(H,35,36)(H2,29,31,32)/t12-,13+,15-,18-,22-/m1/s1. The highest BCUT2D eigenvalue weighted by Gasteiger charge is 2.52. The summed E-state index contributed by atoms with van der Waals surface area (Å²) < 4.78 is 73.5. The summed E-state index contributed by atoms with van der Waals surface area (Å²) in [5.41, 5.74) is 3.15. The number of fused-ring (bicyclic) bond motifs is 1. The third kappa shape index (κ3) is 6.27. The normalized spacial score (nSPS) is 22.4. The second kappa shape index (κ2) is 11.6. The van der Waals surface area contributed by atoms with Crippen molar-refractivity contribution < 1.29 is 56.3 Å². The molecule has 0 bridgehead atoms. The molecule has 0 aliphatic carbocycles. The van der Waals surface area contributed by atoms with Gasteiger partial charge < -0.3 is 34.9 Å². The molecular formula is C23H22ClF4N5O8. The molecule has 1 saturated heterocycles. The fraction of sp³-hybridized carbons (Fsp3) is 0.435. The summed E-state index contributed by atoms with van der Waals surface area (Å²) in [4.78, 5) is 36.9. The van der Waals surface area contributed by atoms with E-state index in [0.29, 0.717) is 0 Å². The number of nitrogens with zero attached hydrogens (tertiary/aromatic N) is 4. The number of benzene rings is 1. The van der Waals surface area contributed by atoms with Crippen molar-refractivity contribution >= 4 is 40.5 Å². The summed E-state index contributed by atoms with van der Waals surface area (Å²) in [6.07, 6.45) is -11.5. The van der Waals surface area contributed by atoms with Crippen LogP contribution in [0.5, 0.6) is 5.75 Å². The zero-order valence-electron chi connectivity index (χ0n) is 20.9. The SMILES string of the molecule is CCOC(=O)[C@](Cc1ccc(OC(F)(F)F)cc1)(OC[C@H]1O[C@@H](n2cnc3c(N)nc(Cl)nc32)[C@@H](F)[C@@H]1O)C(=O)O. The van der Waals surface area contributed by atoms with E-state index >= 15 is 4.39 Å². The number of aliphatic hydroxyl groups excluding tert-OH is 1. The first kappa shape index (κ1) is 30.2. The van der Waals surface area contributed by atoms with E-state index in [1.54, 1.807) is 0 Å². The molecule has 3 heterocycles. The quantitative estimate of drug-likeness (QED) is 0.132. The Morgan fingerprint density at radius 1 is 1.22 bits per heavy atom. The van der Waals surface area contributed by atoms with Gasteiger partial charge in [0.05, 0.1) is 19.5 Å². The largest absolute Gasteiger partial charge is 0.573 e. The molecule has 0 amide bonds. The zero-order chi connectivity index (χ0) is 30.1. The Hall–Kier alpha value is -3.80. The number of nitrogens with two attached hydrogens (primary N) is 1. The molecule has 4 rings (SSSR count). The monoisotopic (exact) mass is 607 g/mol. The van der Waals surface area contributed by atoms with E-state index in [9.17, 15) is 33.0 Å². The van der Waals surface area contributed by atoms with E-state index in [1.807, 2.05) is 0 Å². The van der Waals surface area contributed by atoms with Crippen molar-refractivity contribution in [3.8, 4) is 5.75 Å². The topological polar surface area (TPSA) is 181 Å². The van der Waals surface area contributed by atoms with Gasteiger partial charge in [0, 0.05) is 6.42 Å². The number of ether oxygens (including phenoxy) is 4. The minimum atomic E-state index is -4.95. The van der Waals surface area contributed by atoms with Crippen LogP contribution < -0.4 is 10.5 Å². The number of carbonyl (C=O) groups excluding carboxylic acids is 1. The lowest BCUT2D eigenvalue weighted by Crippen LogP contribution is -2.53. The Kier molecular flexibility index (Phi) is 8.53. The van der Waals surface area contributed by atoms with Gasteiger partial charge in [0.25, 0.3) is 5.60 Å². The number of esters is 1. The number of hydrogen-bond donors (Lipinski definition) is 3. The third-order valence-electron chi connectivity index (χ3n) is 6.04. The molecule has 0 unspecified atom stereocenters. The first-order chi connectivity index (χ1) is 19.3. The van der Waals surface area contributed by atoms with Crippen LogP contribution in [-0.2, 0) is 30.2 Å². The van der Waals surface area contributed by atoms with E-state index in [0.717, 1.165) is 35.2 Å². The maximum absolute atomic E-state index is 15.2. The number of halogens is 5. The van der Waals surface area contributed by atoms with Gasteiger partial charge in [-0.1, -0.05) is 12.1 Å². The Balaban J connectivity index is 1.57. The van der Waals surface area contributed by atoms with Crippen molar-refractivity contribution in [3.05, 3.63) is 41.4 Å². The van der Waals surface area contributed by atoms with Crippen molar-refractivity contribution in [2.45, 2.75) is 49.9 Å². The van der Waals surface area contributed by atoms with Gasteiger partial charge in [-0.15, -0.1) is 13.2 Å². The Morgan fingerprint density at radius 2 is 1.90 bits per heavy atom. The summed E-state index contributed by atoms with van der Waals surface area (Å²) in [6, 6.07) is 4.03. The number of carboxylic acids is 1. The second-order valence-electron chi connectivity index (χ2n) is 8.73. The highest BCUT2D eigenvalue weighted by Crippen LogP contribution is 2.36. The number of aliphatic carboxylic acids is 1. The van der Waals surface area contributed by atoms with Crippen LogP contribution in [0.25, 0.3) is 11.2 Å². The fourth-order valence-corrected chi connectivity index (χ4v) is 4.31. The Bertz CT molecular complexity index is 1430. The number of hydrogen-bond acceptors (Lipinski definition) is 11. The maximum Gasteiger partial charge on any atom is 0.573 e. The molecule has 1 aromatic carbocycles. The average molecular weight is 608 g/mol. The number of carboxylic acid groups (broad SMARTS) is 1. The lowest BCUT2D eigenvalue weighted by Gasteiger charge is -2.29. The van der Waals surface area contributed by atoms with Gasteiger partial charge in [0.2, 0.25) is 5.28 Å². The third-order valence-corrected chi connectivity index (χ3v) is 6.21. The number of alkyl halides is 4. The zero-order valence-corrected chi connectivity index (χ0v) is 21.7. The number of nitrogen functional groups attached to an aromatic ring is 1. The maximum atomic E-state index is 15.2. The molecule has 0 saturated carbocycles. The molecule has 1 aliphatic heterocycles. The molecule has 1 fully saturated rings. The van der Waals surface area contributed by atoms with E-state index in [-0.39, 0.29) is 34.4 Å². The van der Waals surface area contributed by atoms with Crippen molar-refractivity contribution in [2.75, 3.05) is 18.9 Å². The highest BCUT2D eigenvalue weighted by atomic mass is 35.5. The summed E-state index contributed by atoms with van der Waals surface area (Å²) >= 11 is 5.84. The second-order valence-corrected chi connectivity index (χ2v) is 9.07. The molecule has 3 aromatic rings. The van der Waals surface area contributed by atoms with Gasteiger partial charge in [-0.05, 0) is 36.2 Å². The van der Waals surface area contributed by atoms with Crippen LogP contribution >= 0.6 is 11.6 Å². The smallest absolute Gasteiger partial charge is 0.479 e. The van der Waals surface area contributed by atoms with Gasteiger partial charge in [-0.2, -0.15) is 9.97 Å². The van der Waals surface area contributed by atoms with Crippen LogP contribution in [0, 0.1) is 0 Å². The first-order valence-corrected chi connectivity index (χ1v) is 12.2. The molecule has 18 heteroatoms. The van der Waals surface area contributed by atoms with E-state index < -0.39 is 67.3 Å². The summed E-state index contributed by atoms with van der Waals surface area (Å²) in [5, 5.41) is 20.3. The molecule has 0 radical (unpaired) electrons. The van der Waals surface area contributed by atoms with Crippen LogP contribution in [-0.4, -0.2) is 85.2 Å². The molecule has 222 valence electrons. The van der Waals surface area contributed by atoms with Gasteiger partial charge in [0.1, 0.15) is 23.5 Å². The number of carbonyl (C=O) groups is 2. The predicted octanol–water partition coefficient (Wildman–Crippen LogP) is 2.20. The predicted molar refractivity (Wildman–Crippen MR) is 129 cm³/mol. The summed E-state index contributed by atoms with van der Waals surface area (Å²) in [6.45, 7) is 0.352. The number of rotatable bonds is 10. The van der Waals surface area contributed by atoms with E-state index in [4.69, 9.17) is 31.5 Å². The molecule has 13 nitrogen and oxygen atoms in total. The molecule has 1 aliphatic rings. The number of imidazole rings is 1. The van der Waals surface area contributed by atoms with E-state index in [2.05, 4.69) is 19.7 Å². The molecule has 5 atom stereocenters. The summed E-state index contributed by atoms with van der Waals surface area (Å²) in [5.74, 6) is -3.82.